The van der Waals surface area contributed by atoms with Crippen molar-refractivity contribution in [2.24, 2.45) is 0 Å². The predicted molar refractivity (Wildman–Crippen MR) is 167 cm³/mol. The van der Waals surface area contributed by atoms with E-state index in [0.717, 1.165) is 12.3 Å². The lowest BCUT2D eigenvalue weighted by Gasteiger charge is -2.48. The van der Waals surface area contributed by atoms with E-state index < -0.39 is 8.32 Å². The van der Waals surface area contributed by atoms with Crippen LogP contribution >= 0.6 is 0 Å². The van der Waals surface area contributed by atoms with Gasteiger partial charge in [-0.2, -0.15) is 0 Å². The Kier molecular flexibility index (Phi) is 9.74. The zero-order valence-electron chi connectivity index (χ0n) is 24.9. The van der Waals surface area contributed by atoms with E-state index in [-0.39, 0.29) is 18.1 Å². The van der Waals surface area contributed by atoms with Crippen molar-refractivity contribution in [3.05, 3.63) is 114 Å². The molecule has 0 aliphatic carbocycles. The summed E-state index contributed by atoms with van der Waals surface area (Å²) in [5.41, 5.74) is 5.41. The maximum absolute atomic E-state index is 7.50. The van der Waals surface area contributed by atoms with Gasteiger partial charge in [0.15, 0.2) is 0 Å². The predicted octanol–water partition coefficient (Wildman–Crippen LogP) is 9.50. The first-order valence-electron chi connectivity index (χ1n) is 14.7. The van der Waals surface area contributed by atoms with Crippen molar-refractivity contribution in [2.75, 3.05) is 6.54 Å². The molecule has 3 atom stereocenters. The first-order chi connectivity index (χ1) is 18.7. The topological polar surface area (TPSA) is 21.7 Å². The monoisotopic (exact) mass is 541 g/mol. The highest BCUT2D eigenvalue weighted by Crippen LogP contribution is 2.45. The van der Waals surface area contributed by atoms with E-state index in [9.17, 15) is 0 Å². The first-order valence-corrected chi connectivity index (χ1v) is 16.8. The van der Waals surface area contributed by atoms with E-state index in [1.807, 2.05) is 18.2 Å². The summed E-state index contributed by atoms with van der Waals surface area (Å²) in [6, 6.07) is 30.1. The molecule has 0 radical (unpaired) electrons. The highest BCUT2D eigenvalue weighted by molar-refractivity contribution is 6.77. The molecule has 4 rings (SSSR count). The molecule has 208 valence electrons. The molecule has 0 saturated carbocycles. The van der Waals surface area contributed by atoms with Gasteiger partial charge in [0.1, 0.15) is 12.4 Å². The zero-order valence-corrected chi connectivity index (χ0v) is 25.9. The molecule has 3 aromatic carbocycles. The number of hydrogen-bond donors (Lipinski definition) is 0. The van der Waals surface area contributed by atoms with Crippen LogP contribution in [-0.2, 0) is 11.0 Å². The Balaban J connectivity index is 1.61. The summed E-state index contributed by atoms with van der Waals surface area (Å²) < 4.78 is 13.6. The number of nitrogens with zero attached hydrogens (tertiary/aromatic N) is 1. The van der Waals surface area contributed by atoms with E-state index in [1.54, 1.807) is 0 Å². The molecule has 0 unspecified atom stereocenters. The van der Waals surface area contributed by atoms with Crippen molar-refractivity contribution in [1.82, 2.24) is 4.90 Å². The highest BCUT2D eigenvalue weighted by atomic mass is 28.4. The van der Waals surface area contributed by atoms with Crippen molar-refractivity contribution in [1.29, 1.82) is 0 Å². The Morgan fingerprint density at radius 1 is 0.744 bits per heavy atom. The fourth-order valence-electron chi connectivity index (χ4n) is 6.55. The SMILES string of the molecule is CC(C)[Si](O[C@@H]1CN([C@H](C)c2ccccc2)C=C[C@H]1c1ccc(OCc2ccccc2)cc1)(C(C)C)C(C)C. The molecule has 39 heavy (non-hydrogen) atoms. The Morgan fingerprint density at radius 2 is 1.31 bits per heavy atom. The zero-order chi connectivity index (χ0) is 28.0. The summed E-state index contributed by atoms with van der Waals surface area (Å²) in [5.74, 6) is 1.10. The Hall–Kier alpha value is -2.82. The second kappa shape index (κ2) is 13.0. The molecule has 1 heterocycles. The molecule has 0 spiro atoms. The van der Waals surface area contributed by atoms with Crippen LogP contribution in [0.15, 0.2) is 97.2 Å². The molecule has 4 heteroatoms. The third kappa shape index (κ3) is 6.67. The number of hydrogen-bond acceptors (Lipinski definition) is 3. The van der Waals surface area contributed by atoms with Crippen molar-refractivity contribution in [3.8, 4) is 5.75 Å². The van der Waals surface area contributed by atoms with Gasteiger partial charge < -0.3 is 14.1 Å². The van der Waals surface area contributed by atoms with Gasteiger partial charge in [0.05, 0.1) is 12.1 Å². The summed E-state index contributed by atoms with van der Waals surface area (Å²) in [6.07, 6.45) is 4.76. The summed E-state index contributed by atoms with van der Waals surface area (Å²) in [4.78, 5) is 2.47. The van der Waals surface area contributed by atoms with Gasteiger partial charge in [-0.15, -0.1) is 0 Å². The number of ether oxygens (including phenoxy) is 1. The fraction of sp³-hybridized carbons (Fsp3) is 0.429. The molecular weight excluding hydrogens is 494 g/mol. The molecule has 0 saturated heterocycles. The maximum atomic E-state index is 7.50. The quantitative estimate of drug-likeness (QED) is 0.226. The van der Waals surface area contributed by atoms with Crippen LogP contribution in [0.5, 0.6) is 5.75 Å². The van der Waals surface area contributed by atoms with Crippen molar-refractivity contribution in [3.63, 3.8) is 0 Å². The second-order valence-corrected chi connectivity index (χ2v) is 17.4. The molecule has 3 aromatic rings. The lowest BCUT2D eigenvalue weighted by Crippen LogP contribution is -2.53. The van der Waals surface area contributed by atoms with Crippen LogP contribution < -0.4 is 4.74 Å². The average Bonchev–Trinajstić information content (AvgIpc) is 2.95. The van der Waals surface area contributed by atoms with Crippen LogP contribution in [0.2, 0.25) is 16.6 Å². The van der Waals surface area contributed by atoms with Crippen LogP contribution in [0.25, 0.3) is 0 Å². The maximum Gasteiger partial charge on any atom is 0.200 e. The standard InChI is InChI=1S/C35H47NO2Si/c1-26(2)39(27(3)4,28(5)6)38-35-24-36(29(7)31-16-12-9-13-17-31)23-22-34(35)32-18-20-33(21-19-32)37-25-30-14-10-8-11-15-30/h8-23,26-29,34-35H,24-25H2,1-7H3/t29-,34+,35-/m1/s1. The first kappa shape index (κ1) is 29.2. The minimum atomic E-state index is -2.08. The van der Waals surface area contributed by atoms with E-state index >= 15 is 0 Å². The van der Waals surface area contributed by atoms with Gasteiger partial charge in [-0.3, -0.25) is 0 Å². The average molecular weight is 542 g/mol. The molecule has 0 bridgehead atoms. The normalized spacial score (nSPS) is 18.7. The van der Waals surface area contributed by atoms with E-state index in [1.165, 1.54) is 16.7 Å². The van der Waals surface area contributed by atoms with Gasteiger partial charge in [-0.05, 0) is 58.6 Å². The molecule has 0 N–H and O–H groups in total. The van der Waals surface area contributed by atoms with Gasteiger partial charge in [-0.25, -0.2) is 0 Å². The van der Waals surface area contributed by atoms with Crippen LogP contribution in [0.1, 0.15) is 77.1 Å². The van der Waals surface area contributed by atoms with Crippen molar-refractivity contribution < 1.29 is 9.16 Å². The number of rotatable bonds is 11. The lowest BCUT2D eigenvalue weighted by atomic mass is 9.90. The van der Waals surface area contributed by atoms with Crippen LogP contribution in [-0.4, -0.2) is 25.9 Å². The molecule has 0 amide bonds. The summed E-state index contributed by atoms with van der Waals surface area (Å²) in [7, 11) is -2.08. The van der Waals surface area contributed by atoms with Gasteiger partial charge in [-0.1, -0.05) is 120 Å². The van der Waals surface area contributed by atoms with Crippen molar-refractivity contribution >= 4 is 8.32 Å². The lowest BCUT2D eigenvalue weighted by molar-refractivity contribution is 0.0987. The molecular formula is C35H47NO2Si. The van der Waals surface area contributed by atoms with Crippen LogP contribution in [0.4, 0.5) is 0 Å². The minimum Gasteiger partial charge on any atom is -0.489 e. The third-order valence-corrected chi connectivity index (χ3v) is 14.8. The molecule has 3 nitrogen and oxygen atoms in total. The molecule has 1 aliphatic rings. The van der Waals surface area contributed by atoms with Crippen molar-refractivity contribution in [2.45, 2.75) is 89.8 Å². The van der Waals surface area contributed by atoms with Gasteiger partial charge in [0.25, 0.3) is 0 Å². The fourth-order valence-corrected chi connectivity index (χ4v) is 12.1. The summed E-state index contributed by atoms with van der Waals surface area (Å²) in [6.45, 7) is 18.0. The summed E-state index contributed by atoms with van der Waals surface area (Å²) >= 11 is 0. The van der Waals surface area contributed by atoms with Gasteiger partial charge in [0, 0.05) is 12.5 Å². The molecule has 1 aliphatic heterocycles. The second-order valence-electron chi connectivity index (χ2n) is 12.0. The summed E-state index contributed by atoms with van der Waals surface area (Å²) in [5, 5.41) is 0. The van der Waals surface area contributed by atoms with Crippen LogP contribution in [0, 0.1) is 0 Å². The third-order valence-electron chi connectivity index (χ3n) is 8.63. The molecule has 0 fully saturated rings. The van der Waals surface area contributed by atoms with Gasteiger partial charge >= 0.3 is 0 Å². The Bertz CT molecular complexity index is 1150. The largest absolute Gasteiger partial charge is 0.489 e. The van der Waals surface area contributed by atoms with E-state index in [2.05, 4.69) is 132 Å². The Morgan fingerprint density at radius 3 is 1.87 bits per heavy atom. The van der Waals surface area contributed by atoms with E-state index in [0.29, 0.717) is 23.2 Å². The highest BCUT2D eigenvalue weighted by Gasteiger charge is 2.48. The van der Waals surface area contributed by atoms with Gasteiger partial charge in [0.2, 0.25) is 8.32 Å². The minimum absolute atomic E-state index is 0.0936. The van der Waals surface area contributed by atoms with Crippen LogP contribution in [0.3, 0.4) is 0 Å². The Labute approximate surface area is 238 Å². The van der Waals surface area contributed by atoms with E-state index in [4.69, 9.17) is 9.16 Å². The number of benzene rings is 3. The molecule has 0 aromatic heterocycles. The smallest absolute Gasteiger partial charge is 0.200 e.